The third kappa shape index (κ3) is 5.57. The normalized spacial score (nSPS) is 13.1. The summed E-state index contributed by atoms with van der Waals surface area (Å²) >= 11 is 0. The van der Waals surface area contributed by atoms with Gasteiger partial charge in [-0.15, -0.1) is 0 Å². The van der Waals surface area contributed by atoms with Crippen LogP contribution in [0.3, 0.4) is 0 Å². The van der Waals surface area contributed by atoms with Crippen molar-refractivity contribution >= 4 is 11.9 Å². The number of ether oxygens (including phenoxy) is 1. The Labute approximate surface area is 114 Å². The number of carboxylic acids is 1. The summed E-state index contributed by atoms with van der Waals surface area (Å²) in [5.41, 5.74) is -1.04. The van der Waals surface area contributed by atoms with Gasteiger partial charge in [-0.05, 0) is 26.2 Å². The van der Waals surface area contributed by atoms with E-state index in [4.69, 9.17) is 4.74 Å². The van der Waals surface area contributed by atoms with Gasteiger partial charge in [-0.1, -0.05) is 13.8 Å². The SMILES string of the molecule is CCC(CC)(NC(C)C(=O)NCCCOC)C(=O)O. The zero-order valence-corrected chi connectivity index (χ0v) is 12.3. The highest BCUT2D eigenvalue weighted by Crippen LogP contribution is 2.16. The smallest absolute Gasteiger partial charge is 0.323 e. The minimum absolute atomic E-state index is 0.191. The zero-order valence-electron chi connectivity index (χ0n) is 12.3. The fraction of sp³-hybridized carbons (Fsp3) is 0.846. The maximum Gasteiger partial charge on any atom is 0.323 e. The van der Waals surface area contributed by atoms with E-state index in [2.05, 4.69) is 10.6 Å². The van der Waals surface area contributed by atoms with Crippen molar-refractivity contribution in [3.05, 3.63) is 0 Å². The molecule has 0 aromatic heterocycles. The van der Waals surface area contributed by atoms with Gasteiger partial charge in [0, 0.05) is 20.3 Å². The van der Waals surface area contributed by atoms with Crippen LogP contribution in [0, 0.1) is 0 Å². The number of methoxy groups -OCH3 is 1. The lowest BCUT2D eigenvalue weighted by Gasteiger charge is -2.31. The second-order valence-electron chi connectivity index (χ2n) is 4.60. The van der Waals surface area contributed by atoms with Crippen LogP contribution in [0.4, 0.5) is 0 Å². The van der Waals surface area contributed by atoms with Crippen LogP contribution in [0.25, 0.3) is 0 Å². The first-order valence-electron chi connectivity index (χ1n) is 6.71. The number of nitrogens with one attached hydrogen (secondary N) is 2. The van der Waals surface area contributed by atoms with Crippen molar-refractivity contribution in [1.29, 1.82) is 0 Å². The monoisotopic (exact) mass is 274 g/mol. The maximum absolute atomic E-state index is 11.8. The van der Waals surface area contributed by atoms with Crippen LogP contribution in [-0.2, 0) is 14.3 Å². The van der Waals surface area contributed by atoms with Gasteiger partial charge in [0.2, 0.25) is 5.91 Å². The molecule has 0 saturated heterocycles. The van der Waals surface area contributed by atoms with E-state index in [9.17, 15) is 14.7 Å². The molecule has 0 aliphatic heterocycles. The zero-order chi connectivity index (χ0) is 14.9. The van der Waals surface area contributed by atoms with Crippen LogP contribution in [0.1, 0.15) is 40.0 Å². The number of amides is 1. The van der Waals surface area contributed by atoms with Crippen molar-refractivity contribution < 1.29 is 19.4 Å². The minimum Gasteiger partial charge on any atom is -0.480 e. The van der Waals surface area contributed by atoms with Gasteiger partial charge in [-0.25, -0.2) is 0 Å². The molecule has 0 aromatic carbocycles. The van der Waals surface area contributed by atoms with E-state index < -0.39 is 17.6 Å². The summed E-state index contributed by atoms with van der Waals surface area (Å²) in [5, 5.41) is 15.0. The Kier molecular flexibility index (Phi) is 8.34. The van der Waals surface area contributed by atoms with Gasteiger partial charge in [0.25, 0.3) is 0 Å². The fourth-order valence-electron chi connectivity index (χ4n) is 1.88. The first-order chi connectivity index (χ1) is 8.93. The second kappa shape index (κ2) is 8.87. The Morgan fingerprint density at radius 1 is 1.32 bits per heavy atom. The van der Waals surface area contributed by atoms with Gasteiger partial charge in [0.15, 0.2) is 0 Å². The van der Waals surface area contributed by atoms with Gasteiger partial charge >= 0.3 is 5.97 Å². The Balaban J connectivity index is 4.36. The standard InChI is InChI=1S/C13H26N2O4/c1-5-13(6-2,12(17)18)15-10(3)11(16)14-8-7-9-19-4/h10,15H,5-9H2,1-4H3,(H,14,16)(H,17,18). The van der Waals surface area contributed by atoms with E-state index in [1.165, 1.54) is 0 Å². The van der Waals surface area contributed by atoms with E-state index in [1.807, 2.05) is 0 Å². The van der Waals surface area contributed by atoms with Crippen LogP contribution < -0.4 is 10.6 Å². The molecule has 0 heterocycles. The summed E-state index contributed by atoms with van der Waals surface area (Å²) in [6, 6.07) is -0.543. The number of carbonyl (C=O) groups excluding carboxylic acids is 1. The van der Waals surface area contributed by atoms with E-state index in [0.29, 0.717) is 26.0 Å². The lowest BCUT2D eigenvalue weighted by Crippen LogP contribution is -2.58. The number of aliphatic carboxylic acids is 1. The first-order valence-corrected chi connectivity index (χ1v) is 6.71. The molecule has 112 valence electrons. The Morgan fingerprint density at radius 3 is 2.32 bits per heavy atom. The molecule has 0 aliphatic rings. The van der Waals surface area contributed by atoms with Gasteiger partial charge in [-0.3, -0.25) is 14.9 Å². The molecule has 6 nitrogen and oxygen atoms in total. The number of hydrogen-bond donors (Lipinski definition) is 3. The summed E-state index contributed by atoms with van der Waals surface area (Å²) in [4.78, 5) is 23.2. The van der Waals surface area contributed by atoms with Gasteiger partial charge in [0.1, 0.15) is 5.54 Å². The van der Waals surface area contributed by atoms with E-state index in [-0.39, 0.29) is 5.91 Å². The molecule has 0 aromatic rings. The molecule has 1 amide bonds. The van der Waals surface area contributed by atoms with Crippen LogP contribution in [0.2, 0.25) is 0 Å². The molecule has 1 unspecified atom stereocenters. The molecule has 0 spiro atoms. The average molecular weight is 274 g/mol. The summed E-state index contributed by atoms with van der Waals surface area (Å²) in [6.07, 6.45) is 1.60. The Morgan fingerprint density at radius 2 is 1.89 bits per heavy atom. The predicted molar refractivity (Wildman–Crippen MR) is 73.0 cm³/mol. The fourth-order valence-corrected chi connectivity index (χ4v) is 1.88. The molecule has 3 N–H and O–H groups in total. The summed E-state index contributed by atoms with van der Waals surface area (Å²) in [6.45, 7) is 6.39. The van der Waals surface area contributed by atoms with Crippen LogP contribution in [0.15, 0.2) is 0 Å². The summed E-state index contributed by atoms with van der Waals surface area (Å²) in [7, 11) is 1.61. The molecule has 0 bridgehead atoms. The lowest BCUT2D eigenvalue weighted by molar-refractivity contribution is -0.146. The first kappa shape index (κ1) is 17.9. The number of carboxylic acid groups (broad SMARTS) is 1. The lowest BCUT2D eigenvalue weighted by atomic mass is 9.92. The third-order valence-electron chi connectivity index (χ3n) is 3.33. The topological polar surface area (TPSA) is 87.7 Å². The maximum atomic E-state index is 11.8. The van der Waals surface area contributed by atoms with E-state index >= 15 is 0 Å². The number of hydrogen-bond acceptors (Lipinski definition) is 4. The molecule has 0 rings (SSSR count). The highest BCUT2D eigenvalue weighted by molar-refractivity contribution is 5.84. The van der Waals surface area contributed by atoms with E-state index in [0.717, 1.165) is 6.42 Å². The molecule has 0 fully saturated rings. The van der Waals surface area contributed by atoms with Crippen molar-refractivity contribution in [1.82, 2.24) is 10.6 Å². The summed E-state index contributed by atoms with van der Waals surface area (Å²) < 4.78 is 4.89. The quantitative estimate of drug-likeness (QED) is 0.512. The second-order valence-corrected chi connectivity index (χ2v) is 4.60. The summed E-state index contributed by atoms with van der Waals surface area (Å²) in [5.74, 6) is -1.11. The van der Waals surface area contributed by atoms with Gasteiger partial charge < -0.3 is 15.2 Å². The Bertz CT molecular complexity index is 290. The molecule has 0 radical (unpaired) electrons. The largest absolute Gasteiger partial charge is 0.480 e. The van der Waals surface area contributed by atoms with Gasteiger partial charge in [0.05, 0.1) is 6.04 Å². The van der Waals surface area contributed by atoms with Crippen molar-refractivity contribution in [2.24, 2.45) is 0 Å². The molecule has 0 saturated carbocycles. The molecular weight excluding hydrogens is 248 g/mol. The highest BCUT2D eigenvalue weighted by Gasteiger charge is 2.37. The highest BCUT2D eigenvalue weighted by atomic mass is 16.5. The van der Waals surface area contributed by atoms with Gasteiger partial charge in [-0.2, -0.15) is 0 Å². The van der Waals surface area contributed by atoms with Crippen LogP contribution in [0.5, 0.6) is 0 Å². The van der Waals surface area contributed by atoms with E-state index in [1.54, 1.807) is 27.9 Å². The number of carbonyl (C=O) groups is 2. The predicted octanol–water partition coefficient (Wildman–Crippen LogP) is 0.761. The van der Waals surface area contributed by atoms with Crippen LogP contribution >= 0.6 is 0 Å². The average Bonchev–Trinajstić information content (AvgIpc) is 2.40. The molecule has 19 heavy (non-hydrogen) atoms. The van der Waals surface area contributed by atoms with Crippen molar-refractivity contribution in [2.75, 3.05) is 20.3 Å². The Hall–Kier alpha value is -1.14. The van der Waals surface area contributed by atoms with Crippen molar-refractivity contribution in [3.8, 4) is 0 Å². The minimum atomic E-state index is -1.04. The number of rotatable bonds is 10. The molecule has 0 aliphatic carbocycles. The van der Waals surface area contributed by atoms with Crippen molar-refractivity contribution in [3.63, 3.8) is 0 Å². The molecular formula is C13H26N2O4. The molecule has 6 heteroatoms. The van der Waals surface area contributed by atoms with Crippen LogP contribution in [-0.4, -0.2) is 48.8 Å². The third-order valence-corrected chi connectivity index (χ3v) is 3.33. The van der Waals surface area contributed by atoms with Crippen molar-refractivity contribution in [2.45, 2.75) is 51.6 Å². The molecule has 1 atom stereocenters.